The molecule has 0 unspecified atom stereocenters. The predicted molar refractivity (Wildman–Crippen MR) is 118 cm³/mol. The van der Waals surface area contributed by atoms with E-state index in [2.05, 4.69) is 16.0 Å². The standard InChI is InChI=1S/C22H30ClN3O6/c1-13(2)8-18(26-22(31)32-12-14-4-3-5-16(23)9-14)21(30)25-17(19(28)11-27)10-15-6-7-24-20(15)29/h3-5,9,13,15,17-18,27H,6-8,10-12H2,1-2H3,(H,24,29)(H,25,30)(H,26,31)/t15-,17-,18-/m0/s1. The predicted octanol–water partition coefficient (Wildman–Crippen LogP) is 1.55. The van der Waals surface area contributed by atoms with Gasteiger partial charge in [-0.1, -0.05) is 37.6 Å². The minimum Gasteiger partial charge on any atom is -0.445 e. The van der Waals surface area contributed by atoms with Gasteiger partial charge in [0.25, 0.3) is 0 Å². The van der Waals surface area contributed by atoms with E-state index < -0.39 is 42.4 Å². The summed E-state index contributed by atoms with van der Waals surface area (Å²) in [4.78, 5) is 49.2. The van der Waals surface area contributed by atoms with Crippen LogP contribution in [0, 0.1) is 11.8 Å². The van der Waals surface area contributed by atoms with Gasteiger partial charge in [0.05, 0.1) is 6.04 Å². The number of benzene rings is 1. The molecule has 3 amide bonds. The molecule has 2 rings (SSSR count). The lowest BCUT2D eigenvalue weighted by Crippen LogP contribution is -2.53. The molecule has 1 aromatic rings. The molecular formula is C22H30ClN3O6. The Morgan fingerprint density at radius 1 is 1.25 bits per heavy atom. The molecule has 0 bridgehead atoms. The van der Waals surface area contributed by atoms with E-state index in [-0.39, 0.29) is 24.9 Å². The second-order valence-electron chi connectivity index (χ2n) is 8.23. The van der Waals surface area contributed by atoms with Crippen molar-refractivity contribution < 1.29 is 29.0 Å². The van der Waals surface area contributed by atoms with Gasteiger partial charge in [0, 0.05) is 17.5 Å². The summed E-state index contributed by atoms with van der Waals surface area (Å²) in [5.41, 5.74) is 0.695. The first-order chi connectivity index (χ1) is 15.2. The van der Waals surface area contributed by atoms with Crippen molar-refractivity contribution in [3.63, 3.8) is 0 Å². The Balaban J connectivity index is 2.00. The van der Waals surface area contributed by atoms with Crippen molar-refractivity contribution in [2.24, 2.45) is 11.8 Å². The van der Waals surface area contributed by atoms with E-state index in [0.717, 1.165) is 0 Å². The normalized spacial score (nSPS) is 17.4. The molecule has 1 fully saturated rings. The molecule has 176 valence electrons. The van der Waals surface area contributed by atoms with E-state index in [1.165, 1.54) is 0 Å². The van der Waals surface area contributed by atoms with E-state index in [0.29, 0.717) is 30.0 Å². The molecule has 3 atom stereocenters. The van der Waals surface area contributed by atoms with E-state index >= 15 is 0 Å². The number of rotatable bonds is 11. The third-order valence-electron chi connectivity index (χ3n) is 5.12. The number of aliphatic hydroxyl groups is 1. The maximum Gasteiger partial charge on any atom is 0.408 e. The second-order valence-corrected chi connectivity index (χ2v) is 8.67. The third-order valence-corrected chi connectivity index (χ3v) is 5.35. The van der Waals surface area contributed by atoms with Gasteiger partial charge in [-0.2, -0.15) is 0 Å². The number of hydrogen-bond acceptors (Lipinski definition) is 6. The molecule has 1 aliphatic heterocycles. The van der Waals surface area contributed by atoms with E-state index in [1.54, 1.807) is 24.3 Å². The van der Waals surface area contributed by atoms with Gasteiger partial charge in [-0.3, -0.25) is 14.4 Å². The van der Waals surface area contributed by atoms with Gasteiger partial charge < -0.3 is 25.8 Å². The minimum absolute atomic E-state index is 0.0230. The number of amides is 3. The van der Waals surface area contributed by atoms with Crippen LogP contribution in [-0.2, 0) is 25.7 Å². The van der Waals surface area contributed by atoms with Crippen LogP contribution in [0.1, 0.15) is 38.7 Å². The van der Waals surface area contributed by atoms with Crippen LogP contribution >= 0.6 is 11.6 Å². The zero-order valence-corrected chi connectivity index (χ0v) is 19.0. The highest BCUT2D eigenvalue weighted by atomic mass is 35.5. The fourth-order valence-corrected chi connectivity index (χ4v) is 3.68. The topological polar surface area (TPSA) is 134 Å². The Hall–Kier alpha value is -2.65. The summed E-state index contributed by atoms with van der Waals surface area (Å²) in [6, 6.07) is 4.87. The monoisotopic (exact) mass is 467 g/mol. The number of ether oxygens (including phenoxy) is 1. The summed E-state index contributed by atoms with van der Waals surface area (Å²) < 4.78 is 5.19. The quantitative estimate of drug-likeness (QED) is 0.390. The van der Waals surface area contributed by atoms with Gasteiger partial charge in [-0.05, 0) is 42.9 Å². The maximum atomic E-state index is 12.9. The number of Topliss-reactive ketones (excluding diaryl/α,β-unsaturated/α-hetero) is 1. The second kappa shape index (κ2) is 12.4. The largest absolute Gasteiger partial charge is 0.445 e. The number of alkyl carbamates (subject to hydrolysis) is 1. The van der Waals surface area contributed by atoms with Crippen molar-refractivity contribution >= 4 is 35.3 Å². The molecular weight excluding hydrogens is 438 g/mol. The zero-order valence-electron chi connectivity index (χ0n) is 18.2. The Labute approximate surface area is 192 Å². The fourth-order valence-electron chi connectivity index (χ4n) is 3.47. The number of ketones is 1. The molecule has 10 heteroatoms. The van der Waals surface area contributed by atoms with Crippen LogP contribution in [0.2, 0.25) is 5.02 Å². The first-order valence-corrected chi connectivity index (χ1v) is 11.0. The Morgan fingerprint density at radius 2 is 2.00 bits per heavy atom. The lowest BCUT2D eigenvalue weighted by atomic mass is 9.95. The molecule has 0 radical (unpaired) electrons. The summed E-state index contributed by atoms with van der Waals surface area (Å²) in [6.45, 7) is 3.50. The first kappa shape index (κ1) is 25.6. The van der Waals surface area contributed by atoms with Crippen LogP contribution in [0.25, 0.3) is 0 Å². The van der Waals surface area contributed by atoms with Crippen LogP contribution in [0.15, 0.2) is 24.3 Å². The van der Waals surface area contributed by atoms with E-state index in [9.17, 15) is 24.3 Å². The average molecular weight is 468 g/mol. The number of carbonyl (C=O) groups is 4. The van der Waals surface area contributed by atoms with Crippen LogP contribution in [0.3, 0.4) is 0 Å². The van der Waals surface area contributed by atoms with Crippen LogP contribution in [0.4, 0.5) is 4.79 Å². The molecule has 0 saturated carbocycles. The molecule has 32 heavy (non-hydrogen) atoms. The van der Waals surface area contributed by atoms with Crippen molar-refractivity contribution in [3.8, 4) is 0 Å². The van der Waals surface area contributed by atoms with Gasteiger partial charge in [-0.25, -0.2) is 4.79 Å². The lowest BCUT2D eigenvalue weighted by molar-refractivity contribution is -0.131. The number of carbonyl (C=O) groups excluding carboxylic acids is 4. The van der Waals surface area contributed by atoms with E-state index in [1.807, 2.05) is 13.8 Å². The number of nitrogens with one attached hydrogen (secondary N) is 3. The smallest absolute Gasteiger partial charge is 0.408 e. The molecule has 1 saturated heterocycles. The zero-order chi connectivity index (χ0) is 23.7. The van der Waals surface area contributed by atoms with Gasteiger partial charge in [0.15, 0.2) is 5.78 Å². The number of aliphatic hydroxyl groups excluding tert-OH is 1. The molecule has 0 spiro atoms. The van der Waals surface area contributed by atoms with Gasteiger partial charge in [-0.15, -0.1) is 0 Å². The van der Waals surface area contributed by atoms with Gasteiger partial charge in [0.2, 0.25) is 11.8 Å². The summed E-state index contributed by atoms with van der Waals surface area (Å²) in [6.07, 6.45) is 0.158. The summed E-state index contributed by atoms with van der Waals surface area (Å²) in [7, 11) is 0. The SMILES string of the molecule is CC(C)C[C@H](NC(=O)OCc1cccc(Cl)c1)C(=O)N[C@@H](C[C@@H]1CCNC1=O)C(=O)CO. The van der Waals surface area contributed by atoms with Crippen LogP contribution in [-0.4, -0.2) is 54.0 Å². The summed E-state index contributed by atoms with van der Waals surface area (Å²) >= 11 is 5.92. The lowest BCUT2D eigenvalue weighted by Gasteiger charge is -2.24. The molecule has 9 nitrogen and oxygen atoms in total. The van der Waals surface area contributed by atoms with Gasteiger partial charge >= 0.3 is 6.09 Å². The highest BCUT2D eigenvalue weighted by Gasteiger charge is 2.33. The third kappa shape index (κ3) is 8.12. The number of halogens is 1. The van der Waals surface area contributed by atoms with Crippen molar-refractivity contribution in [1.29, 1.82) is 0 Å². The Kier molecular flexibility index (Phi) is 9.93. The summed E-state index contributed by atoms with van der Waals surface area (Å²) in [5, 5.41) is 17.6. The Morgan fingerprint density at radius 3 is 2.59 bits per heavy atom. The molecule has 4 N–H and O–H groups in total. The highest BCUT2D eigenvalue weighted by molar-refractivity contribution is 6.30. The highest BCUT2D eigenvalue weighted by Crippen LogP contribution is 2.17. The first-order valence-electron chi connectivity index (χ1n) is 10.6. The van der Waals surface area contributed by atoms with E-state index in [4.69, 9.17) is 16.3 Å². The number of hydrogen-bond donors (Lipinski definition) is 4. The molecule has 0 aromatic heterocycles. The van der Waals surface area contributed by atoms with Crippen molar-refractivity contribution in [2.45, 2.75) is 51.8 Å². The molecule has 1 aromatic carbocycles. The molecule has 1 heterocycles. The van der Waals surface area contributed by atoms with Crippen LogP contribution < -0.4 is 16.0 Å². The maximum absolute atomic E-state index is 12.9. The fraction of sp³-hybridized carbons (Fsp3) is 0.545. The van der Waals surface area contributed by atoms with Crippen molar-refractivity contribution in [2.75, 3.05) is 13.2 Å². The van der Waals surface area contributed by atoms with Crippen molar-refractivity contribution in [3.05, 3.63) is 34.9 Å². The summed E-state index contributed by atoms with van der Waals surface area (Å²) in [5.74, 6) is -1.72. The van der Waals surface area contributed by atoms with Crippen molar-refractivity contribution in [1.82, 2.24) is 16.0 Å². The van der Waals surface area contributed by atoms with Gasteiger partial charge in [0.1, 0.15) is 19.3 Å². The Bertz CT molecular complexity index is 832. The average Bonchev–Trinajstić information content (AvgIpc) is 3.14. The minimum atomic E-state index is -1.03. The van der Waals surface area contributed by atoms with Crippen LogP contribution in [0.5, 0.6) is 0 Å². The molecule has 1 aliphatic rings. The molecule has 0 aliphatic carbocycles.